The SMILES string of the molecule is CC(NC(=O)c1ccccc1)C(=O)Oc1ccc(-n2cnnn2)cc1. The summed E-state index contributed by atoms with van der Waals surface area (Å²) in [4.78, 5) is 24.2. The molecule has 126 valence electrons. The molecule has 0 aliphatic heterocycles. The highest BCUT2D eigenvalue weighted by atomic mass is 16.5. The quantitative estimate of drug-likeness (QED) is 0.558. The average molecular weight is 337 g/mol. The van der Waals surface area contributed by atoms with Crippen LogP contribution in [0.5, 0.6) is 5.75 Å². The molecule has 1 unspecified atom stereocenters. The van der Waals surface area contributed by atoms with Crippen molar-refractivity contribution < 1.29 is 14.3 Å². The van der Waals surface area contributed by atoms with E-state index in [1.54, 1.807) is 55.5 Å². The Morgan fingerprint density at radius 1 is 1.08 bits per heavy atom. The number of ether oxygens (including phenoxy) is 1. The van der Waals surface area contributed by atoms with E-state index in [1.165, 1.54) is 11.0 Å². The van der Waals surface area contributed by atoms with Gasteiger partial charge in [-0.2, -0.15) is 0 Å². The summed E-state index contributed by atoms with van der Waals surface area (Å²) in [6.45, 7) is 1.57. The van der Waals surface area contributed by atoms with Gasteiger partial charge in [-0.25, -0.2) is 9.48 Å². The smallest absolute Gasteiger partial charge is 0.333 e. The van der Waals surface area contributed by atoms with Gasteiger partial charge in [-0.3, -0.25) is 4.79 Å². The van der Waals surface area contributed by atoms with Crippen LogP contribution in [0.3, 0.4) is 0 Å². The molecule has 1 atom stereocenters. The topological polar surface area (TPSA) is 99.0 Å². The second kappa shape index (κ2) is 7.35. The molecule has 8 heteroatoms. The third kappa shape index (κ3) is 4.05. The molecule has 0 aliphatic carbocycles. The molecule has 25 heavy (non-hydrogen) atoms. The van der Waals surface area contributed by atoms with Crippen LogP contribution < -0.4 is 10.1 Å². The van der Waals surface area contributed by atoms with Crippen LogP contribution in [0.15, 0.2) is 60.9 Å². The highest BCUT2D eigenvalue weighted by Gasteiger charge is 2.18. The zero-order valence-electron chi connectivity index (χ0n) is 13.4. The number of nitrogens with one attached hydrogen (secondary N) is 1. The van der Waals surface area contributed by atoms with Crippen LogP contribution in [-0.2, 0) is 4.79 Å². The molecular formula is C17H15N5O3. The third-order valence-electron chi connectivity index (χ3n) is 3.41. The van der Waals surface area contributed by atoms with Crippen molar-refractivity contribution in [1.29, 1.82) is 0 Å². The number of aromatic nitrogens is 4. The van der Waals surface area contributed by atoms with E-state index in [-0.39, 0.29) is 5.91 Å². The molecule has 1 amide bonds. The molecule has 0 fully saturated rings. The summed E-state index contributed by atoms with van der Waals surface area (Å²) in [6.07, 6.45) is 1.46. The summed E-state index contributed by atoms with van der Waals surface area (Å²) in [6, 6.07) is 14.6. The second-order valence-electron chi connectivity index (χ2n) is 5.23. The summed E-state index contributed by atoms with van der Waals surface area (Å²) in [7, 11) is 0. The van der Waals surface area contributed by atoms with Gasteiger partial charge in [0.2, 0.25) is 0 Å². The van der Waals surface area contributed by atoms with E-state index in [2.05, 4.69) is 20.8 Å². The van der Waals surface area contributed by atoms with E-state index >= 15 is 0 Å². The number of hydrogen-bond acceptors (Lipinski definition) is 6. The molecule has 1 aromatic heterocycles. The lowest BCUT2D eigenvalue weighted by molar-refractivity contribution is -0.136. The maximum absolute atomic E-state index is 12.1. The summed E-state index contributed by atoms with van der Waals surface area (Å²) >= 11 is 0. The van der Waals surface area contributed by atoms with E-state index in [0.29, 0.717) is 11.3 Å². The molecule has 0 saturated heterocycles. The Morgan fingerprint density at radius 3 is 2.44 bits per heavy atom. The first-order valence-electron chi connectivity index (χ1n) is 7.54. The van der Waals surface area contributed by atoms with E-state index in [0.717, 1.165) is 5.69 Å². The summed E-state index contributed by atoms with van der Waals surface area (Å²) in [5, 5.41) is 13.5. The molecule has 0 spiro atoms. The summed E-state index contributed by atoms with van der Waals surface area (Å²) in [5.74, 6) is -0.527. The van der Waals surface area contributed by atoms with Gasteiger partial charge >= 0.3 is 5.97 Å². The molecule has 3 aromatic rings. The maximum Gasteiger partial charge on any atom is 0.333 e. The van der Waals surface area contributed by atoms with Gasteiger partial charge in [0.05, 0.1) is 5.69 Å². The van der Waals surface area contributed by atoms with E-state index < -0.39 is 12.0 Å². The first-order valence-corrected chi connectivity index (χ1v) is 7.54. The molecular weight excluding hydrogens is 322 g/mol. The van der Waals surface area contributed by atoms with Gasteiger partial charge in [-0.1, -0.05) is 18.2 Å². The predicted octanol–water partition coefficient (Wildman–Crippen LogP) is 1.39. The molecule has 8 nitrogen and oxygen atoms in total. The van der Waals surface area contributed by atoms with E-state index in [9.17, 15) is 9.59 Å². The van der Waals surface area contributed by atoms with Crippen LogP contribution in [0.4, 0.5) is 0 Å². The Balaban J connectivity index is 1.59. The van der Waals surface area contributed by atoms with Crippen LogP contribution in [0.25, 0.3) is 5.69 Å². The Bertz CT molecular complexity index is 848. The van der Waals surface area contributed by atoms with Crippen LogP contribution in [0, 0.1) is 0 Å². The summed E-state index contributed by atoms with van der Waals surface area (Å²) in [5.41, 5.74) is 1.21. The van der Waals surface area contributed by atoms with Gasteiger partial charge in [0.15, 0.2) is 0 Å². The molecule has 0 radical (unpaired) electrons. The fraction of sp³-hybridized carbons (Fsp3) is 0.118. The number of hydrogen-bond donors (Lipinski definition) is 1. The average Bonchev–Trinajstić information content (AvgIpc) is 3.17. The Morgan fingerprint density at radius 2 is 1.80 bits per heavy atom. The number of benzene rings is 2. The normalized spacial score (nSPS) is 11.6. The number of tetrazole rings is 1. The van der Waals surface area contributed by atoms with Crippen molar-refractivity contribution in [2.75, 3.05) is 0 Å². The Kier molecular flexibility index (Phi) is 4.79. The zero-order valence-corrected chi connectivity index (χ0v) is 13.4. The van der Waals surface area contributed by atoms with Crippen molar-refractivity contribution >= 4 is 11.9 Å². The minimum Gasteiger partial charge on any atom is -0.425 e. The van der Waals surface area contributed by atoms with Crippen molar-refractivity contribution in [3.05, 3.63) is 66.5 Å². The van der Waals surface area contributed by atoms with Gasteiger partial charge in [0.1, 0.15) is 18.1 Å². The van der Waals surface area contributed by atoms with Crippen molar-refractivity contribution in [3.8, 4) is 11.4 Å². The maximum atomic E-state index is 12.1. The number of esters is 1. The fourth-order valence-corrected chi connectivity index (χ4v) is 2.08. The zero-order chi connectivity index (χ0) is 17.6. The van der Waals surface area contributed by atoms with Gasteiger partial charge in [0.25, 0.3) is 5.91 Å². The van der Waals surface area contributed by atoms with Gasteiger partial charge in [0, 0.05) is 5.56 Å². The number of carbonyl (C=O) groups excluding carboxylic acids is 2. The van der Waals surface area contributed by atoms with Crippen LogP contribution in [0.2, 0.25) is 0 Å². The van der Waals surface area contributed by atoms with Crippen LogP contribution in [0.1, 0.15) is 17.3 Å². The number of carbonyl (C=O) groups is 2. The standard InChI is InChI=1S/C17H15N5O3/c1-12(19-16(23)13-5-3-2-4-6-13)17(24)25-15-9-7-14(8-10-15)22-11-18-20-21-22/h2-12H,1H3,(H,19,23). The van der Waals surface area contributed by atoms with Gasteiger partial charge in [-0.15, -0.1) is 5.10 Å². The van der Waals surface area contributed by atoms with Crippen molar-refractivity contribution in [1.82, 2.24) is 25.5 Å². The largest absolute Gasteiger partial charge is 0.425 e. The van der Waals surface area contributed by atoms with Gasteiger partial charge < -0.3 is 10.1 Å². The minimum atomic E-state index is -0.785. The molecule has 0 aliphatic rings. The number of nitrogens with zero attached hydrogens (tertiary/aromatic N) is 4. The lowest BCUT2D eigenvalue weighted by Crippen LogP contribution is -2.40. The Hall–Kier alpha value is -3.55. The van der Waals surface area contributed by atoms with Crippen molar-refractivity contribution in [3.63, 3.8) is 0 Å². The predicted molar refractivity (Wildman–Crippen MR) is 88.2 cm³/mol. The molecule has 3 rings (SSSR count). The lowest BCUT2D eigenvalue weighted by atomic mass is 10.2. The second-order valence-corrected chi connectivity index (χ2v) is 5.23. The number of rotatable bonds is 5. The van der Waals surface area contributed by atoms with E-state index in [1.807, 2.05) is 6.07 Å². The van der Waals surface area contributed by atoms with Crippen molar-refractivity contribution in [2.45, 2.75) is 13.0 Å². The van der Waals surface area contributed by atoms with Crippen LogP contribution in [-0.4, -0.2) is 38.1 Å². The molecule has 1 N–H and O–H groups in total. The van der Waals surface area contributed by atoms with E-state index in [4.69, 9.17) is 4.74 Å². The molecule has 0 saturated carbocycles. The first-order chi connectivity index (χ1) is 12.1. The third-order valence-corrected chi connectivity index (χ3v) is 3.41. The summed E-state index contributed by atoms with van der Waals surface area (Å²) < 4.78 is 6.75. The molecule has 1 heterocycles. The fourth-order valence-electron chi connectivity index (χ4n) is 2.08. The Labute approximate surface area is 143 Å². The minimum absolute atomic E-state index is 0.334. The highest BCUT2D eigenvalue weighted by molar-refractivity contribution is 5.96. The van der Waals surface area contributed by atoms with Crippen LogP contribution >= 0.6 is 0 Å². The highest BCUT2D eigenvalue weighted by Crippen LogP contribution is 2.15. The lowest BCUT2D eigenvalue weighted by Gasteiger charge is -2.13. The molecule has 0 bridgehead atoms. The number of amides is 1. The monoisotopic (exact) mass is 337 g/mol. The molecule has 2 aromatic carbocycles. The van der Waals surface area contributed by atoms with Gasteiger partial charge in [-0.05, 0) is 53.7 Å². The first kappa shape index (κ1) is 16.3. The van der Waals surface area contributed by atoms with Crippen molar-refractivity contribution in [2.24, 2.45) is 0 Å².